The minimum atomic E-state index is -3.83. The average molecular weight is 413 g/mol. The van der Waals surface area contributed by atoms with Gasteiger partial charge in [-0.1, -0.05) is 58.3 Å². The van der Waals surface area contributed by atoms with Crippen molar-refractivity contribution in [1.82, 2.24) is 4.98 Å². The molecule has 0 unspecified atom stereocenters. The Kier molecular flexibility index (Phi) is 8.66. The van der Waals surface area contributed by atoms with Gasteiger partial charge < -0.3 is 4.74 Å². The Hall–Kier alpha value is -1.51. The molecule has 27 heavy (non-hydrogen) atoms. The molecule has 0 aliphatic rings. The molecular weight excluding hydrogens is 384 g/mol. The number of benzene rings is 1. The van der Waals surface area contributed by atoms with Crippen molar-refractivity contribution in [3.63, 3.8) is 0 Å². The van der Waals surface area contributed by atoms with Crippen molar-refractivity contribution < 1.29 is 17.9 Å². The van der Waals surface area contributed by atoms with Crippen molar-refractivity contribution in [1.29, 1.82) is 0 Å². The second-order valence-corrected chi connectivity index (χ2v) is 9.47. The highest BCUT2D eigenvalue weighted by atomic mass is 32.2. The number of ether oxygens (including phenoxy) is 1. The van der Waals surface area contributed by atoms with E-state index < -0.39 is 10.0 Å². The molecule has 0 amide bonds. The average Bonchev–Trinajstić information content (AvgIpc) is 3.04. The molecule has 0 spiro atoms. The number of nitrogens with zero attached hydrogens (tertiary/aromatic N) is 1. The Morgan fingerprint density at radius 3 is 2.33 bits per heavy atom. The quantitative estimate of drug-likeness (QED) is 0.307. The lowest BCUT2D eigenvalue weighted by Gasteiger charge is -2.04. The summed E-state index contributed by atoms with van der Waals surface area (Å²) in [6.07, 6.45) is 11.1. The molecule has 6 nitrogen and oxygen atoms in total. The van der Waals surface area contributed by atoms with E-state index >= 15 is 0 Å². The number of carbonyl (C=O) groups is 1. The third-order valence-electron chi connectivity index (χ3n) is 4.30. The fourth-order valence-corrected chi connectivity index (χ4v) is 4.47. The topological polar surface area (TPSA) is 99.4 Å². The van der Waals surface area contributed by atoms with Gasteiger partial charge in [-0.2, -0.15) is 0 Å². The normalized spacial score (nSPS) is 11.8. The maximum atomic E-state index is 12.0. The number of sulfonamides is 1. The van der Waals surface area contributed by atoms with Gasteiger partial charge in [-0.05, 0) is 18.6 Å². The second-order valence-electron chi connectivity index (χ2n) is 6.71. The minimum absolute atomic E-state index is 0.143. The first-order chi connectivity index (χ1) is 12.9. The van der Waals surface area contributed by atoms with E-state index in [0.717, 1.165) is 30.6 Å². The van der Waals surface area contributed by atoms with Gasteiger partial charge >= 0.3 is 5.97 Å². The fourth-order valence-electron chi connectivity index (χ4n) is 2.83. The molecule has 1 heterocycles. The number of thiazole rings is 1. The summed E-state index contributed by atoms with van der Waals surface area (Å²) in [4.78, 5) is 16.0. The Balaban J connectivity index is 1.71. The Labute approximate surface area is 165 Å². The largest absolute Gasteiger partial charge is 0.426 e. The van der Waals surface area contributed by atoms with Gasteiger partial charge in [0.15, 0.2) is 0 Å². The SMILES string of the molecule is CCCCCCCCCCCC(=O)Oc1ccc2sc(S(N)(=O)=O)nc2c1. The molecule has 2 N–H and O–H groups in total. The van der Waals surface area contributed by atoms with Crippen molar-refractivity contribution in [3.05, 3.63) is 18.2 Å². The highest BCUT2D eigenvalue weighted by molar-refractivity contribution is 7.91. The van der Waals surface area contributed by atoms with Gasteiger partial charge in [0.1, 0.15) is 5.75 Å². The number of carbonyl (C=O) groups excluding carboxylic acids is 1. The van der Waals surface area contributed by atoms with Crippen LogP contribution in [0.15, 0.2) is 22.5 Å². The lowest BCUT2D eigenvalue weighted by molar-refractivity contribution is -0.134. The first-order valence-corrected chi connectivity index (χ1v) is 11.9. The highest BCUT2D eigenvalue weighted by Crippen LogP contribution is 2.28. The van der Waals surface area contributed by atoms with E-state index in [1.54, 1.807) is 18.2 Å². The van der Waals surface area contributed by atoms with Crippen LogP contribution in [0.3, 0.4) is 0 Å². The number of primary sulfonamides is 1. The van der Waals surface area contributed by atoms with Crippen LogP contribution in [0.4, 0.5) is 0 Å². The summed E-state index contributed by atoms with van der Waals surface area (Å²) in [5.41, 5.74) is 0.456. The van der Waals surface area contributed by atoms with E-state index in [0.29, 0.717) is 22.4 Å². The van der Waals surface area contributed by atoms with E-state index in [1.807, 2.05) is 0 Å². The molecule has 0 radical (unpaired) electrons. The van der Waals surface area contributed by atoms with Crippen LogP contribution < -0.4 is 9.88 Å². The second kappa shape index (κ2) is 10.7. The third-order valence-corrected chi connectivity index (χ3v) is 6.65. The molecule has 8 heteroatoms. The zero-order valence-electron chi connectivity index (χ0n) is 15.8. The summed E-state index contributed by atoms with van der Waals surface area (Å²) >= 11 is 0.995. The van der Waals surface area contributed by atoms with Gasteiger partial charge in [0, 0.05) is 12.5 Å². The fraction of sp³-hybridized carbons (Fsp3) is 0.579. The van der Waals surface area contributed by atoms with Crippen LogP contribution in [0.2, 0.25) is 0 Å². The molecule has 1 aromatic heterocycles. The van der Waals surface area contributed by atoms with Crippen molar-refractivity contribution in [2.75, 3.05) is 0 Å². The van der Waals surface area contributed by atoms with Gasteiger partial charge in [-0.15, -0.1) is 11.3 Å². The molecule has 0 bridgehead atoms. The number of fused-ring (bicyclic) bond motifs is 1. The summed E-state index contributed by atoms with van der Waals surface area (Å²) in [5, 5.41) is 5.09. The number of nitrogens with two attached hydrogens (primary N) is 1. The van der Waals surface area contributed by atoms with Gasteiger partial charge in [0.25, 0.3) is 10.0 Å². The van der Waals surface area contributed by atoms with Crippen LogP contribution in [0, 0.1) is 0 Å². The molecular formula is C19H28N2O4S2. The molecule has 1 aromatic carbocycles. The first-order valence-electron chi connectivity index (χ1n) is 9.54. The molecule has 2 aromatic rings. The molecule has 0 aliphatic heterocycles. The number of hydrogen-bond donors (Lipinski definition) is 1. The maximum absolute atomic E-state index is 12.0. The lowest BCUT2D eigenvalue weighted by Crippen LogP contribution is -2.11. The zero-order chi connectivity index (χ0) is 19.7. The Bertz CT molecular complexity index is 847. The van der Waals surface area contributed by atoms with E-state index in [1.165, 1.54) is 38.5 Å². The predicted octanol–water partition coefficient (Wildman–Crippen LogP) is 4.77. The molecule has 0 aliphatic carbocycles. The molecule has 150 valence electrons. The number of rotatable bonds is 12. The standard InChI is InChI=1S/C19H28N2O4S2/c1-2-3-4-5-6-7-8-9-10-11-18(22)25-15-12-13-17-16(14-15)21-19(26-17)27(20,23)24/h12-14H,2-11H2,1H3,(H2,20,23,24). The molecule has 0 fully saturated rings. The van der Waals surface area contributed by atoms with Crippen molar-refractivity contribution in [2.45, 2.75) is 75.5 Å². The molecule has 0 saturated carbocycles. The number of hydrogen-bond acceptors (Lipinski definition) is 6. The monoisotopic (exact) mass is 412 g/mol. The summed E-state index contributed by atoms with van der Waals surface area (Å²) in [6.45, 7) is 2.22. The summed E-state index contributed by atoms with van der Waals surface area (Å²) in [6, 6.07) is 4.89. The van der Waals surface area contributed by atoms with Gasteiger partial charge in [0.05, 0.1) is 10.2 Å². The minimum Gasteiger partial charge on any atom is -0.426 e. The molecule has 2 rings (SSSR count). The third kappa shape index (κ3) is 7.56. The Morgan fingerprint density at radius 2 is 1.70 bits per heavy atom. The van der Waals surface area contributed by atoms with Crippen LogP contribution in [0.5, 0.6) is 5.75 Å². The van der Waals surface area contributed by atoms with Crippen LogP contribution in [0.25, 0.3) is 10.2 Å². The number of unbranched alkanes of at least 4 members (excludes halogenated alkanes) is 8. The van der Waals surface area contributed by atoms with E-state index in [9.17, 15) is 13.2 Å². The van der Waals surface area contributed by atoms with Crippen LogP contribution >= 0.6 is 11.3 Å². The summed E-state index contributed by atoms with van der Waals surface area (Å²) in [5.74, 6) is 0.0916. The van der Waals surface area contributed by atoms with Crippen LogP contribution in [0.1, 0.15) is 71.1 Å². The van der Waals surface area contributed by atoms with Gasteiger partial charge in [-0.25, -0.2) is 18.5 Å². The highest BCUT2D eigenvalue weighted by Gasteiger charge is 2.15. The molecule has 0 atom stereocenters. The first kappa shape index (κ1) is 21.8. The molecule has 0 saturated heterocycles. The summed E-state index contributed by atoms with van der Waals surface area (Å²) < 4.78 is 28.6. The van der Waals surface area contributed by atoms with Crippen LogP contribution in [-0.2, 0) is 14.8 Å². The van der Waals surface area contributed by atoms with E-state index in [-0.39, 0.29) is 10.3 Å². The van der Waals surface area contributed by atoms with E-state index in [4.69, 9.17) is 9.88 Å². The van der Waals surface area contributed by atoms with Crippen molar-refractivity contribution in [3.8, 4) is 5.75 Å². The van der Waals surface area contributed by atoms with Crippen molar-refractivity contribution >= 4 is 37.5 Å². The van der Waals surface area contributed by atoms with Gasteiger partial charge in [0.2, 0.25) is 4.34 Å². The predicted molar refractivity (Wildman–Crippen MR) is 108 cm³/mol. The zero-order valence-corrected chi connectivity index (χ0v) is 17.4. The Morgan fingerprint density at radius 1 is 1.07 bits per heavy atom. The maximum Gasteiger partial charge on any atom is 0.311 e. The van der Waals surface area contributed by atoms with Crippen LogP contribution in [-0.4, -0.2) is 19.4 Å². The van der Waals surface area contributed by atoms with E-state index in [2.05, 4.69) is 11.9 Å². The number of esters is 1. The van der Waals surface area contributed by atoms with Gasteiger partial charge in [-0.3, -0.25) is 4.79 Å². The number of aromatic nitrogens is 1. The smallest absolute Gasteiger partial charge is 0.311 e. The lowest BCUT2D eigenvalue weighted by atomic mass is 10.1. The summed E-state index contributed by atoms with van der Waals surface area (Å²) in [7, 11) is -3.83. The van der Waals surface area contributed by atoms with Crippen molar-refractivity contribution in [2.24, 2.45) is 5.14 Å².